The molecule has 0 aromatic carbocycles. The summed E-state index contributed by atoms with van der Waals surface area (Å²) in [5.41, 5.74) is 0.447. The smallest absolute Gasteiger partial charge is 0.341 e. The van der Waals surface area contributed by atoms with Gasteiger partial charge in [-0.25, -0.2) is 4.79 Å². The second kappa shape index (κ2) is 8.60. The first kappa shape index (κ1) is 18.9. The number of esters is 1. The second-order valence-corrected chi connectivity index (χ2v) is 7.59. The van der Waals surface area contributed by atoms with Crippen LogP contribution >= 0.6 is 11.8 Å². The van der Waals surface area contributed by atoms with Crippen molar-refractivity contribution in [1.29, 1.82) is 0 Å². The summed E-state index contributed by atoms with van der Waals surface area (Å²) in [5.74, 6) is 3.06. The highest BCUT2D eigenvalue weighted by Crippen LogP contribution is 2.29. The average Bonchev–Trinajstić information content (AvgIpc) is 2.92. The fourth-order valence-electron chi connectivity index (χ4n) is 3.21. The van der Waals surface area contributed by atoms with Crippen LogP contribution in [0.25, 0.3) is 0 Å². The maximum atomic E-state index is 12.1. The van der Waals surface area contributed by atoms with Crippen molar-refractivity contribution in [3.8, 4) is 0 Å². The second-order valence-electron chi connectivity index (χ2n) is 6.61. The van der Waals surface area contributed by atoms with Crippen molar-refractivity contribution >= 4 is 23.6 Å². The number of rotatable bonds is 6. The maximum absolute atomic E-state index is 12.1. The minimum absolute atomic E-state index is 0.0717. The van der Waals surface area contributed by atoms with E-state index in [1.807, 2.05) is 0 Å². The van der Waals surface area contributed by atoms with Crippen molar-refractivity contribution in [3.63, 3.8) is 0 Å². The molecule has 1 fully saturated rings. The van der Waals surface area contributed by atoms with Crippen LogP contribution in [0.1, 0.15) is 55.0 Å². The molecule has 6 heteroatoms. The minimum Gasteiger partial charge on any atom is -0.465 e. The molecule has 0 radical (unpaired) electrons. The molecule has 0 saturated heterocycles. The van der Waals surface area contributed by atoms with Gasteiger partial charge in [0.2, 0.25) is 5.91 Å². The highest BCUT2D eigenvalue weighted by molar-refractivity contribution is 7.99. The maximum Gasteiger partial charge on any atom is 0.341 e. The summed E-state index contributed by atoms with van der Waals surface area (Å²) in [6.45, 7) is 6.22. The van der Waals surface area contributed by atoms with Crippen LogP contribution in [0.4, 0.5) is 0 Å². The summed E-state index contributed by atoms with van der Waals surface area (Å²) in [5, 5.41) is 3.16. The summed E-state index contributed by atoms with van der Waals surface area (Å²) in [7, 11) is 1.35. The molecule has 134 valence electrons. The number of methoxy groups -OCH3 is 1. The Balaban J connectivity index is 1.77. The van der Waals surface area contributed by atoms with Gasteiger partial charge in [0.05, 0.1) is 18.6 Å². The Morgan fingerprint density at radius 2 is 2.12 bits per heavy atom. The molecule has 1 saturated carbocycles. The van der Waals surface area contributed by atoms with Gasteiger partial charge in [-0.1, -0.05) is 26.7 Å². The van der Waals surface area contributed by atoms with Gasteiger partial charge in [-0.3, -0.25) is 4.79 Å². The molecule has 1 aliphatic rings. The zero-order valence-electron chi connectivity index (χ0n) is 14.9. The molecule has 24 heavy (non-hydrogen) atoms. The molecule has 1 N–H and O–H groups in total. The molecule has 0 spiro atoms. The zero-order valence-corrected chi connectivity index (χ0v) is 15.7. The molecule has 5 nitrogen and oxygen atoms in total. The lowest BCUT2D eigenvalue weighted by Crippen LogP contribution is -2.44. The van der Waals surface area contributed by atoms with Gasteiger partial charge in [-0.05, 0) is 31.2 Å². The summed E-state index contributed by atoms with van der Waals surface area (Å²) in [4.78, 5) is 23.7. The van der Waals surface area contributed by atoms with Gasteiger partial charge >= 0.3 is 5.97 Å². The van der Waals surface area contributed by atoms with E-state index in [1.54, 1.807) is 13.0 Å². The Bertz CT molecular complexity index is 584. The normalized spacial score (nSPS) is 23.8. The number of thioether (sulfide) groups is 1. The number of nitrogens with one attached hydrogen (secondary N) is 1. The third-order valence-corrected chi connectivity index (χ3v) is 5.86. The van der Waals surface area contributed by atoms with Gasteiger partial charge in [0.15, 0.2) is 0 Å². The topological polar surface area (TPSA) is 68.5 Å². The number of carbonyl (C=O) groups excluding carboxylic acids is 2. The number of hydrogen-bond acceptors (Lipinski definition) is 5. The highest BCUT2D eigenvalue weighted by atomic mass is 32.2. The van der Waals surface area contributed by atoms with Crippen LogP contribution in [-0.2, 0) is 15.3 Å². The molecule has 0 aliphatic heterocycles. The zero-order chi connectivity index (χ0) is 17.7. The fraction of sp³-hybridized carbons (Fsp3) is 0.667. The van der Waals surface area contributed by atoms with Gasteiger partial charge < -0.3 is 14.5 Å². The van der Waals surface area contributed by atoms with Gasteiger partial charge in [-0.2, -0.15) is 0 Å². The molecular weight excluding hydrogens is 326 g/mol. The SMILES string of the molecule is COC(=O)c1cc(CSCC(=O)N[C@@H]2CCC[C@@H](C)[C@H]2C)oc1C. The number of ether oxygens (including phenoxy) is 1. The molecule has 1 aromatic heterocycles. The van der Waals surface area contributed by atoms with Crippen LogP contribution in [0.15, 0.2) is 10.5 Å². The number of hydrogen-bond donors (Lipinski definition) is 1. The Morgan fingerprint density at radius 1 is 1.38 bits per heavy atom. The predicted molar refractivity (Wildman–Crippen MR) is 95.1 cm³/mol. The van der Waals surface area contributed by atoms with Crippen molar-refractivity contribution < 1.29 is 18.7 Å². The molecule has 1 aromatic rings. The molecule has 1 amide bonds. The van der Waals surface area contributed by atoms with E-state index in [0.29, 0.717) is 46.5 Å². The van der Waals surface area contributed by atoms with Crippen LogP contribution < -0.4 is 5.32 Å². The van der Waals surface area contributed by atoms with Gasteiger partial charge in [0.25, 0.3) is 0 Å². The molecule has 0 bridgehead atoms. The lowest BCUT2D eigenvalue weighted by Gasteiger charge is -2.34. The third-order valence-electron chi connectivity index (χ3n) is 4.90. The average molecular weight is 353 g/mol. The first-order valence-corrected chi connectivity index (χ1v) is 9.62. The van der Waals surface area contributed by atoms with E-state index in [0.717, 1.165) is 6.42 Å². The van der Waals surface area contributed by atoms with Crippen molar-refractivity contribution in [3.05, 3.63) is 23.2 Å². The van der Waals surface area contributed by atoms with Crippen LogP contribution in [-0.4, -0.2) is 30.8 Å². The minimum atomic E-state index is -0.398. The third kappa shape index (κ3) is 4.79. The number of aryl methyl sites for hydroxylation is 1. The first-order valence-electron chi connectivity index (χ1n) is 8.47. The first-order chi connectivity index (χ1) is 11.4. The molecular formula is C18H27NO4S. The van der Waals surface area contributed by atoms with Crippen molar-refractivity contribution in [2.75, 3.05) is 12.9 Å². The van der Waals surface area contributed by atoms with E-state index in [4.69, 9.17) is 9.15 Å². The number of furan rings is 1. The van der Waals surface area contributed by atoms with E-state index < -0.39 is 5.97 Å². The molecule has 2 rings (SSSR count). The lowest BCUT2D eigenvalue weighted by molar-refractivity contribution is -0.120. The Kier molecular flexibility index (Phi) is 6.78. The van der Waals surface area contributed by atoms with Crippen molar-refractivity contribution in [1.82, 2.24) is 5.32 Å². The van der Waals surface area contributed by atoms with Crippen LogP contribution in [0, 0.1) is 18.8 Å². The number of carbonyl (C=O) groups is 2. The van der Waals surface area contributed by atoms with Gasteiger partial charge in [0.1, 0.15) is 17.1 Å². The Hall–Kier alpha value is -1.43. The van der Waals surface area contributed by atoms with E-state index in [1.165, 1.54) is 31.7 Å². The van der Waals surface area contributed by atoms with Gasteiger partial charge in [-0.15, -0.1) is 11.8 Å². The Labute approximate surface area is 147 Å². The highest BCUT2D eigenvalue weighted by Gasteiger charge is 2.28. The van der Waals surface area contributed by atoms with Crippen molar-refractivity contribution in [2.24, 2.45) is 11.8 Å². The van der Waals surface area contributed by atoms with E-state index in [-0.39, 0.29) is 5.91 Å². The summed E-state index contributed by atoms with van der Waals surface area (Å²) in [6.07, 6.45) is 3.51. The molecule has 0 unspecified atom stereocenters. The van der Waals surface area contributed by atoms with E-state index >= 15 is 0 Å². The van der Waals surface area contributed by atoms with Crippen LogP contribution in [0.2, 0.25) is 0 Å². The lowest BCUT2D eigenvalue weighted by atomic mass is 9.78. The quantitative estimate of drug-likeness (QED) is 0.792. The predicted octanol–water partition coefficient (Wildman–Crippen LogP) is 3.55. The summed E-state index contributed by atoms with van der Waals surface area (Å²) < 4.78 is 10.3. The molecule has 1 heterocycles. The molecule has 1 aliphatic carbocycles. The fourth-order valence-corrected chi connectivity index (χ4v) is 3.92. The summed E-state index contributed by atoms with van der Waals surface area (Å²) >= 11 is 1.49. The monoisotopic (exact) mass is 353 g/mol. The van der Waals surface area contributed by atoms with Crippen LogP contribution in [0.3, 0.4) is 0 Å². The Morgan fingerprint density at radius 3 is 2.83 bits per heavy atom. The summed E-state index contributed by atoms with van der Waals surface area (Å²) in [6, 6.07) is 1.98. The van der Waals surface area contributed by atoms with Crippen molar-refractivity contribution in [2.45, 2.75) is 51.8 Å². The van der Waals surface area contributed by atoms with E-state index in [2.05, 4.69) is 19.2 Å². The standard InChI is InChI=1S/C18H27NO4S/c1-11-6-5-7-16(12(11)2)19-17(20)10-24-9-14-8-15(13(3)23-14)18(21)22-4/h8,11-12,16H,5-7,9-10H2,1-4H3,(H,19,20)/t11-,12-,16-/m1/s1. The van der Waals surface area contributed by atoms with E-state index in [9.17, 15) is 9.59 Å². The van der Waals surface area contributed by atoms with Gasteiger partial charge in [0, 0.05) is 6.04 Å². The number of amides is 1. The molecule has 3 atom stereocenters. The largest absolute Gasteiger partial charge is 0.465 e. The van der Waals surface area contributed by atoms with Crippen LogP contribution in [0.5, 0.6) is 0 Å².